The Bertz CT molecular complexity index is 766. The smallest absolute Gasteiger partial charge is 0.340 e. The molecule has 1 amide bonds. The van der Waals surface area contributed by atoms with Crippen LogP contribution in [0, 0.1) is 17.6 Å². The predicted octanol–water partition coefficient (Wildman–Crippen LogP) is 0.247. The van der Waals surface area contributed by atoms with Crippen molar-refractivity contribution < 1.29 is 31.5 Å². The summed E-state index contributed by atoms with van der Waals surface area (Å²) < 4.78 is 57.6. The van der Waals surface area contributed by atoms with Crippen molar-refractivity contribution in [2.45, 2.75) is 11.3 Å². The lowest BCUT2D eigenvalue weighted by Crippen LogP contribution is -2.32. The van der Waals surface area contributed by atoms with Gasteiger partial charge in [-0.1, -0.05) is 0 Å². The third-order valence-electron chi connectivity index (χ3n) is 3.60. The van der Waals surface area contributed by atoms with Gasteiger partial charge in [0.2, 0.25) is 15.9 Å². The van der Waals surface area contributed by atoms with Crippen molar-refractivity contribution in [1.29, 1.82) is 0 Å². The molecule has 1 aromatic rings. The van der Waals surface area contributed by atoms with Crippen LogP contribution >= 0.6 is 0 Å². The van der Waals surface area contributed by atoms with E-state index >= 15 is 0 Å². The van der Waals surface area contributed by atoms with E-state index in [0.717, 1.165) is 11.4 Å². The van der Waals surface area contributed by atoms with E-state index in [-0.39, 0.29) is 19.5 Å². The van der Waals surface area contributed by atoms with Crippen LogP contribution in [-0.4, -0.2) is 44.8 Å². The van der Waals surface area contributed by atoms with E-state index in [1.54, 1.807) is 0 Å². The van der Waals surface area contributed by atoms with Gasteiger partial charge in [-0.05, 0) is 12.5 Å². The molecule has 126 valence electrons. The quantitative estimate of drug-likeness (QED) is 0.785. The summed E-state index contributed by atoms with van der Waals surface area (Å²) in [6.07, 6.45) is 0.210. The van der Waals surface area contributed by atoms with Gasteiger partial charge in [-0.25, -0.2) is 22.0 Å². The fraction of sp³-hybridized carbons (Fsp3) is 0.385. The van der Waals surface area contributed by atoms with Crippen molar-refractivity contribution in [1.82, 2.24) is 4.31 Å². The molecule has 0 radical (unpaired) electrons. The number of amides is 1. The molecule has 1 heterocycles. The van der Waals surface area contributed by atoms with Crippen LogP contribution in [0.15, 0.2) is 17.0 Å². The molecule has 1 aliphatic rings. The number of nitrogens with zero attached hydrogens (tertiary/aromatic N) is 1. The third kappa shape index (κ3) is 3.17. The van der Waals surface area contributed by atoms with Gasteiger partial charge < -0.3 is 10.5 Å². The Labute approximate surface area is 131 Å². The Morgan fingerprint density at radius 2 is 1.96 bits per heavy atom. The van der Waals surface area contributed by atoms with Gasteiger partial charge in [0.15, 0.2) is 0 Å². The number of halogens is 2. The van der Waals surface area contributed by atoms with Crippen LogP contribution in [0.1, 0.15) is 16.8 Å². The fourth-order valence-electron chi connectivity index (χ4n) is 2.31. The molecule has 1 fully saturated rings. The molecule has 10 heteroatoms. The van der Waals surface area contributed by atoms with Gasteiger partial charge in [0.05, 0.1) is 18.6 Å². The highest BCUT2D eigenvalue weighted by Crippen LogP contribution is 2.27. The number of ether oxygens (including phenoxy) is 1. The molecule has 2 N–H and O–H groups in total. The maximum atomic E-state index is 13.9. The van der Waals surface area contributed by atoms with Crippen molar-refractivity contribution in [2.75, 3.05) is 20.2 Å². The number of sulfonamides is 1. The van der Waals surface area contributed by atoms with Crippen LogP contribution in [0.2, 0.25) is 0 Å². The fourth-order valence-corrected chi connectivity index (χ4v) is 3.88. The number of hydrogen-bond donors (Lipinski definition) is 1. The van der Waals surface area contributed by atoms with Gasteiger partial charge in [0, 0.05) is 19.2 Å². The first-order chi connectivity index (χ1) is 10.7. The molecule has 1 unspecified atom stereocenters. The molecular formula is C13H14F2N2O5S. The molecule has 1 atom stereocenters. The van der Waals surface area contributed by atoms with E-state index in [9.17, 15) is 26.8 Å². The Kier molecular flexibility index (Phi) is 4.66. The molecule has 2 rings (SSSR count). The molecule has 23 heavy (non-hydrogen) atoms. The zero-order valence-corrected chi connectivity index (χ0v) is 12.9. The lowest BCUT2D eigenvalue weighted by atomic mass is 10.1. The minimum atomic E-state index is -4.34. The van der Waals surface area contributed by atoms with Crippen molar-refractivity contribution in [3.63, 3.8) is 0 Å². The summed E-state index contributed by atoms with van der Waals surface area (Å²) in [5, 5.41) is 0. The molecular weight excluding hydrogens is 334 g/mol. The number of carbonyl (C=O) groups is 2. The topological polar surface area (TPSA) is 107 Å². The summed E-state index contributed by atoms with van der Waals surface area (Å²) in [6.45, 7) is -0.220. The Morgan fingerprint density at radius 3 is 2.48 bits per heavy atom. The maximum absolute atomic E-state index is 13.9. The second-order valence-electron chi connectivity index (χ2n) is 5.01. The molecule has 7 nitrogen and oxygen atoms in total. The van der Waals surface area contributed by atoms with Gasteiger partial charge in [-0.15, -0.1) is 0 Å². The lowest BCUT2D eigenvalue weighted by molar-refractivity contribution is -0.121. The first-order valence-electron chi connectivity index (χ1n) is 6.55. The summed E-state index contributed by atoms with van der Waals surface area (Å²) in [7, 11) is -3.36. The summed E-state index contributed by atoms with van der Waals surface area (Å²) >= 11 is 0. The molecule has 0 bridgehead atoms. The van der Waals surface area contributed by atoms with Crippen LogP contribution < -0.4 is 5.73 Å². The average Bonchev–Trinajstić information content (AvgIpc) is 2.97. The van der Waals surface area contributed by atoms with Crippen LogP contribution in [0.25, 0.3) is 0 Å². The number of benzene rings is 1. The van der Waals surface area contributed by atoms with E-state index in [2.05, 4.69) is 4.74 Å². The second kappa shape index (κ2) is 6.20. The van der Waals surface area contributed by atoms with Gasteiger partial charge in [-0.2, -0.15) is 4.31 Å². The Hall–Kier alpha value is -2.07. The standard InChI is InChI=1S/C13H14F2N2O5S/c1-22-13(19)8-4-11(10(15)5-9(8)14)23(20,21)17-3-2-7(6-17)12(16)18/h4-5,7H,2-3,6H2,1H3,(H2,16,18). The predicted molar refractivity (Wildman–Crippen MR) is 73.8 cm³/mol. The number of primary amides is 1. The average molecular weight is 348 g/mol. The van der Waals surface area contributed by atoms with E-state index in [1.807, 2.05) is 0 Å². The monoisotopic (exact) mass is 348 g/mol. The SMILES string of the molecule is COC(=O)c1cc(S(=O)(=O)N2CCC(C(N)=O)C2)c(F)cc1F. The van der Waals surface area contributed by atoms with Crippen LogP contribution in [-0.2, 0) is 19.6 Å². The minimum absolute atomic E-state index is 0.0275. The van der Waals surface area contributed by atoms with Crippen molar-refractivity contribution in [3.05, 3.63) is 29.3 Å². The van der Waals surface area contributed by atoms with E-state index in [0.29, 0.717) is 12.1 Å². The van der Waals surface area contributed by atoms with Gasteiger partial charge in [0.25, 0.3) is 0 Å². The highest BCUT2D eigenvalue weighted by atomic mass is 32.2. The van der Waals surface area contributed by atoms with Crippen LogP contribution in [0.5, 0.6) is 0 Å². The first-order valence-corrected chi connectivity index (χ1v) is 7.99. The van der Waals surface area contributed by atoms with Gasteiger partial charge in [0.1, 0.15) is 16.5 Å². The Balaban J connectivity index is 2.44. The lowest BCUT2D eigenvalue weighted by Gasteiger charge is -2.17. The normalized spacial score (nSPS) is 18.8. The van der Waals surface area contributed by atoms with Crippen molar-refractivity contribution >= 4 is 21.9 Å². The largest absolute Gasteiger partial charge is 0.465 e. The number of esters is 1. The second-order valence-corrected chi connectivity index (χ2v) is 6.91. The third-order valence-corrected chi connectivity index (χ3v) is 5.48. The molecule has 0 saturated carbocycles. The summed E-state index contributed by atoms with van der Waals surface area (Å²) in [5.41, 5.74) is 4.43. The number of hydrogen-bond acceptors (Lipinski definition) is 5. The zero-order chi connectivity index (χ0) is 17.4. The van der Waals surface area contributed by atoms with E-state index in [1.165, 1.54) is 0 Å². The number of methoxy groups -OCH3 is 1. The van der Waals surface area contributed by atoms with E-state index in [4.69, 9.17) is 5.73 Å². The summed E-state index contributed by atoms with van der Waals surface area (Å²) in [6, 6.07) is 0.893. The first kappa shape index (κ1) is 17.3. The Morgan fingerprint density at radius 1 is 1.30 bits per heavy atom. The molecule has 1 aromatic carbocycles. The van der Waals surface area contributed by atoms with Gasteiger partial charge in [-0.3, -0.25) is 4.79 Å². The minimum Gasteiger partial charge on any atom is -0.465 e. The zero-order valence-electron chi connectivity index (χ0n) is 12.1. The highest BCUT2D eigenvalue weighted by molar-refractivity contribution is 7.89. The van der Waals surface area contributed by atoms with Crippen molar-refractivity contribution in [3.8, 4) is 0 Å². The molecule has 0 aliphatic carbocycles. The maximum Gasteiger partial charge on any atom is 0.340 e. The number of nitrogens with two attached hydrogens (primary N) is 1. The molecule has 1 aliphatic heterocycles. The molecule has 1 saturated heterocycles. The van der Waals surface area contributed by atoms with E-state index < -0.39 is 49.9 Å². The summed E-state index contributed by atoms with van der Waals surface area (Å²) in [5.74, 6) is -5.02. The van der Waals surface area contributed by atoms with Crippen LogP contribution in [0.3, 0.4) is 0 Å². The molecule has 0 aromatic heterocycles. The number of carbonyl (C=O) groups excluding carboxylic acids is 2. The molecule has 0 spiro atoms. The summed E-state index contributed by atoms with van der Waals surface area (Å²) in [4.78, 5) is 21.7. The highest BCUT2D eigenvalue weighted by Gasteiger charge is 2.37. The number of rotatable bonds is 4. The van der Waals surface area contributed by atoms with Crippen molar-refractivity contribution in [2.24, 2.45) is 11.7 Å². The van der Waals surface area contributed by atoms with Crippen LogP contribution in [0.4, 0.5) is 8.78 Å². The van der Waals surface area contributed by atoms with Gasteiger partial charge >= 0.3 is 5.97 Å².